The first-order valence-corrected chi connectivity index (χ1v) is 2.98. The zero-order chi connectivity index (χ0) is 8.31. The van der Waals surface area contributed by atoms with Gasteiger partial charge in [-0.2, -0.15) is 0 Å². The third-order valence-electron chi connectivity index (χ3n) is 1.22. The summed E-state index contributed by atoms with van der Waals surface area (Å²) in [4.78, 5) is 31.8. The predicted octanol–water partition coefficient (Wildman–Crippen LogP) is -0.783. The number of hydrogen-bond acceptors (Lipinski definition) is 3. The van der Waals surface area contributed by atoms with E-state index in [9.17, 15) is 14.4 Å². The molecule has 5 heteroatoms. The van der Waals surface area contributed by atoms with Crippen LogP contribution in [0, 0.1) is 0 Å². The SMILES string of the molecule is CC(=O)B(C(C)=O)C(C)=O.[NaH]. The molecule has 0 saturated carbocycles. The topological polar surface area (TPSA) is 51.2 Å². The molecule has 0 aromatic carbocycles. The van der Waals surface area contributed by atoms with Gasteiger partial charge in [0.05, 0.1) is 0 Å². The molecule has 0 bridgehead atoms. The van der Waals surface area contributed by atoms with Crippen molar-refractivity contribution >= 4 is 53.3 Å². The van der Waals surface area contributed by atoms with Crippen LogP contribution >= 0.6 is 0 Å². The Hall–Kier alpha value is 0.0749. The summed E-state index contributed by atoms with van der Waals surface area (Å²) in [5.41, 5.74) is -1.12. The fourth-order valence-corrected chi connectivity index (χ4v) is 0.859. The van der Waals surface area contributed by atoms with Crippen molar-refractivity contribution in [2.75, 3.05) is 0 Å². The van der Waals surface area contributed by atoms with E-state index in [4.69, 9.17) is 0 Å². The molecule has 0 rings (SSSR count). The van der Waals surface area contributed by atoms with Gasteiger partial charge >= 0.3 is 36.3 Å². The zero-order valence-electron chi connectivity index (χ0n) is 6.30. The molecular weight excluding hydrogens is 154 g/mol. The molecule has 0 radical (unpaired) electrons. The third kappa shape index (κ3) is 4.51. The quantitative estimate of drug-likeness (QED) is 0.514. The van der Waals surface area contributed by atoms with Crippen molar-refractivity contribution in [2.24, 2.45) is 0 Å². The molecule has 0 atom stereocenters. The van der Waals surface area contributed by atoms with Gasteiger partial charge < -0.3 is 14.4 Å². The van der Waals surface area contributed by atoms with Gasteiger partial charge in [-0.3, -0.25) is 0 Å². The number of hydrogen-bond donors (Lipinski definition) is 0. The zero-order valence-corrected chi connectivity index (χ0v) is 6.30. The molecule has 0 aromatic rings. The van der Waals surface area contributed by atoms with Gasteiger partial charge in [-0.1, -0.05) is 0 Å². The minimum absolute atomic E-state index is 0. The van der Waals surface area contributed by atoms with Crippen LogP contribution in [-0.2, 0) is 14.4 Å². The summed E-state index contributed by atoms with van der Waals surface area (Å²) in [5.74, 6) is 0. The van der Waals surface area contributed by atoms with Gasteiger partial charge in [-0.15, -0.1) is 0 Å². The molecule has 0 spiro atoms. The average molecular weight is 164 g/mol. The van der Waals surface area contributed by atoms with Crippen LogP contribution in [0.25, 0.3) is 0 Å². The molecule has 0 heterocycles. The van der Waals surface area contributed by atoms with E-state index < -0.39 is 6.71 Å². The Morgan fingerprint density at radius 3 is 1.00 bits per heavy atom. The van der Waals surface area contributed by atoms with Crippen molar-refractivity contribution in [1.29, 1.82) is 0 Å². The van der Waals surface area contributed by atoms with Crippen molar-refractivity contribution in [1.82, 2.24) is 0 Å². The second kappa shape index (κ2) is 5.69. The molecule has 0 unspecified atom stereocenters. The number of rotatable bonds is 3. The van der Waals surface area contributed by atoms with Gasteiger partial charge in [0.15, 0.2) is 0 Å². The molecule has 0 aliphatic rings. The van der Waals surface area contributed by atoms with Crippen molar-refractivity contribution in [2.45, 2.75) is 20.8 Å². The predicted molar refractivity (Wildman–Crippen MR) is 44.9 cm³/mol. The monoisotopic (exact) mass is 164 g/mol. The second-order valence-corrected chi connectivity index (χ2v) is 2.26. The fraction of sp³-hybridized carbons (Fsp3) is 0.500. The van der Waals surface area contributed by atoms with Gasteiger partial charge in [-0.05, 0) is 20.8 Å². The molecule has 0 amide bonds. The molecule has 3 nitrogen and oxygen atoms in total. The molecule has 0 fully saturated rings. The van der Waals surface area contributed by atoms with Crippen LogP contribution in [0.1, 0.15) is 20.8 Å². The van der Waals surface area contributed by atoms with Crippen molar-refractivity contribution in [3.05, 3.63) is 0 Å². The normalized spacial score (nSPS) is 7.91. The Labute approximate surface area is 88.3 Å². The maximum absolute atomic E-state index is 10.6. The molecule has 0 saturated heterocycles. The van der Waals surface area contributed by atoms with E-state index in [1.54, 1.807) is 0 Å². The van der Waals surface area contributed by atoms with E-state index >= 15 is 0 Å². The van der Waals surface area contributed by atoms with Crippen LogP contribution in [0.3, 0.4) is 0 Å². The van der Waals surface area contributed by atoms with Gasteiger partial charge in [0.2, 0.25) is 0 Å². The van der Waals surface area contributed by atoms with E-state index in [0.29, 0.717) is 0 Å². The molecule has 0 N–H and O–H groups in total. The van der Waals surface area contributed by atoms with Crippen LogP contribution in [0.5, 0.6) is 0 Å². The Kier molecular flexibility index (Phi) is 7.06. The van der Waals surface area contributed by atoms with E-state index in [1.807, 2.05) is 0 Å². The summed E-state index contributed by atoms with van der Waals surface area (Å²) >= 11 is 0. The Morgan fingerprint density at radius 2 is 1.00 bits per heavy atom. The van der Waals surface area contributed by atoms with Crippen molar-refractivity contribution in [3.8, 4) is 0 Å². The first kappa shape index (κ1) is 13.7. The third-order valence-corrected chi connectivity index (χ3v) is 1.22. The van der Waals surface area contributed by atoms with Gasteiger partial charge in [-0.25, -0.2) is 0 Å². The van der Waals surface area contributed by atoms with Gasteiger partial charge in [0.1, 0.15) is 17.0 Å². The molecule has 56 valence electrons. The minimum atomic E-state index is -1.03. The van der Waals surface area contributed by atoms with Crippen molar-refractivity contribution < 1.29 is 14.4 Å². The molecule has 0 aromatic heterocycles. The first-order chi connectivity index (χ1) is 4.46. The van der Waals surface area contributed by atoms with Crippen molar-refractivity contribution in [3.63, 3.8) is 0 Å². The second-order valence-electron chi connectivity index (χ2n) is 2.26. The van der Waals surface area contributed by atoms with E-state index in [0.717, 1.165) is 0 Å². The summed E-state index contributed by atoms with van der Waals surface area (Å²) in [7, 11) is 0. The fourth-order valence-electron chi connectivity index (χ4n) is 0.859. The Balaban J connectivity index is 0. The Bertz CT molecular complexity index is 157. The summed E-state index contributed by atoms with van der Waals surface area (Å²) in [5, 5.41) is 0. The van der Waals surface area contributed by atoms with Crippen LogP contribution in [0.4, 0.5) is 0 Å². The van der Waals surface area contributed by atoms with E-state index in [-0.39, 0.29) is 46.6 Å². The van der Waals surface area contributed by atoms with Gasteiger partial charge in [0.25, 0.3) is 0 Å². The standard InChI is InChI=1S/C6H9BO3.Na.H/c1-4(8)7(5(2)9)6(3)10;;/h1-3H3;;. The Morgan fingerprint density at radius 1 is 0.818 bits per heavy atom. The van der Waals surface area contributed by atoms with Crippen LogP contribution < -0.4 is 0 Å². The maximum atomic E-state index is 10.6. The first-order valence-electron chi connectivity index (χ1n) is 2.98. The van der Waals surface area contributed by atoms with E-state index in [1.165, 1.54) is 20.8 Å². The van der Waals surface area contributed by atoms with Crippen LogP contribution in [0.15, 0.2) is 0 Å². The summed E-state index contributed by atoms with van der Waals surface area (Å²) in [6.07, 6.45) is 0. The molecular formula is C6H10BNaO3. The van der Waals surface area contributed by atoms with Crippen LogP contribution in [0.2, 0.25) is 0 Å². The number of carbonyl (C=O) groups is 3. The molecule has 11 heavy (non-hydrogen) atoms. The van der Waals surface area contributed by atoms with Gasteiger partial charge in [0, 0.05) is 0 Å². The summed E-state index contributed by atoms with van der Waals surface area (Å²) in [6.45, 7) is 2.70. The number of carbonyl (C=O) groups excluding carboxylic acids is 3. The van der Waals surface area contributed by atoms with Crippen LogP contribution in [-0.4, -0.2) is 53.3 Å². The summed E-state index contributed by atoms with van der Waals surface area (Å²) < 4.78 is 0. The summed E-state index contributed by atoms with van der Waals surface area (Å²) in [6, 6.07) is 0. The molecule has 0 aliphatic heterocycles. The molecule has 0 aliphatic carbocycles. The average Bonchev–Trinajstić information content (AvgIpc) is 1.59. The van der Waals surface area contributed by atoms with E-state index in [2.05, 4.69) is 0 Å².